The van der Waals surface area contributed by atoms with E-state index < -0.39 is 17.6 Å². The van der Waals surface area contributed by atoms with Gasteiger partial charge in [0, 0.05) is 13.1 Å². The van der Waals surface area contributed by atoms with E-state index in [4.69, 9.17) is 9.68 Å². The predicted molar refractivity (Wildman–Crippen MR) is 72.4 cm³/mol. The first-order valence-electron chi connectivity index (χ1n) is 6.58. The molecule has 2 heterocycles. The van der Waals surface area contributed by atoms with E-state index >= 15 is 0 Å². The van der Waals surface area contributed by atoms with Gasteiger partial charge in [-0.25, -0.2) is 0 Å². The lowest BCUT2D eigenvalue weighted by atomic mass is 10.0. The van der Waals surface area contributed by atoms with Crippen molar-refractivity contribution in [2.75, 3.05) is 13.1 Å². The van der Waals surface area contributed by atoms with Crippen molar-refractivity contribution in [3.05, 3.63) is 29.7 Å². The minimum atomic E-state index is -1.25. The van der Waals surface area contributed by atoms with Crippen LogP contribution < -0.4 is 0 Å². The number of hydrogen-bond acceptors (Lipinski definition) is 4. The van der Waals surface area contributed by atoms with Crippen molar-refractivity contribution in [3.63, 3.8) is 0 Å². The van der Waals surface area contributed by atoms with Crippen LogP contribution >= 0.6 is 0 Å². The van der Waals surface area contributed by atoms with Crippen LogP contribution in [0.1, 0.15) is 24.4 Å². The fourth-order valence-corrected chi connectivity index (χ4v) is 2.16. The van der Waals surface area contributed by atoms with Gasteiger partial charge in [-0.15, -0.1) is 0 Å². The van der Waals surface area contributed by atoms with Crippen molar-refractivity contribution >= 4 is 17.8 Å². The molecular weight excluding hydrogens is 256 g/mol. The van der Waals surface area contributed by atoms with Crippen LogP contribution in [-0.4, -0.2) is 29.7 Å². The quantitative estimate of drug-likeness (QED) is 0.620. The van der Waals surface area contributed by atoms with Crippen molar-refractivity contribution in [3.8, 4) is 6.07 Å². The summed E-state index contributed by atoms with van der Waals surface area (Å²) in [6, 6.07) is 5.30. The normalized spacial score (nSPS) is 16.3. The molecule has 5 heteroatoms. The molecule has 1 aromatic heterocycles. The molecule has 1 aromatic rings. The summed E-state index contributed by atoms with van der Waals surface area (Å²) in [5, 5.41) is 9.05. The Bertz CT molecular complexity index is 574. The van der Waals surface area contributed by atoms with Gasteiger partial charge in [0.1, 0.15) is 11.5 Å². The van der Waals surface area contributed by atoms with E-state index in [1.807, 2.05) is 0 Å². The minimum absolute atomic E-state index is 0.393. The number of amides is 1. The van der Waals surface area contributed by atoms with Crippen LogP contribution in [0.5, 0.6) is 0 Å². The molecule has 1 atom stereocenters. The van der Waals surface area contributed by atoms with Crippen LogP contribution in [0.3, 0.4) is 0 Å². The molecule has 5 nitrogen and oxygen atoms in total. The molecule has 0 spiro atoms. The van der Waals surface area contributed by atoms with Crippen molar-refractivity contribution in [1.82, 2.24) is 4.90 Å². The smallest absolute Gasteiger partial charge is 0.247 e. The molecule has 1 aliphatic heterocycles. The molecule has 104 valence electrons. The maximum Gasteiger partial charge on any atom is 0.247 e. The van der Waals surface area contributed by atoms with Gasteiger partial charge in [0.15, 0.2) is 11.7 Å². The van der Waals surface area contributed by atoms with Gasteiger partial charge in [-0.1, -0.05) is 0 Å². The molecule has 0 N–H and O–H groups in total. The monoisotopic (exact) mass is 272 g/mol. The molecule has 2 rings (SSSR count). The Kier molecular flexibility index (Phi) is 4.36. The Morgan fingerprint density at radius 3 is 2.65 bits per heavy atom. The largest absolute Gasteiger partial charge is 0.462 e. The van der Waals surface area contributed by atoms with Crippen LogP contribution in [0.25, 0.3) is 6.08 Å². The molecule has 0 unspecified atom stereocenters. The van der Waals surface area contributed by atoms with Gasteiger partial charge in [-0.05, 0) is 44.1 Å². The molecule has 1 aliphatic rings. The van der Waals surface area contributed by atoms with E-state index in [2.05, 4.69) is 0 Å². The third-order valence-corrected chi connectivity index (χ3v) is 3.25. The predicted octanol–water partition coefficient (Wildman–Crippen LogP) is 1.93. The zero-order chi connectivity index (χ0) is 14.5. The Morgan fingerprint density at radius 1 is 1.40 bits per heavy atom. The summed E-state index contributed by atoms with van der Waals surface area (Å²) in [6.45, 7) is 3.06. The highest BCUT2D eigenvalue weighted by Gasteiger charge is 2.30. The summed E-state index contributed by atoms with van der Waals surface area (Å²) in [5.41, 5.74) is 0. The lowest BCUT2D eigenvalue weighted by Crippen LogP contribution is -2.36. The molecule has 0 radical (unpaired) electrons. The van der Waals surface area contributed by atoms with Crippen molar-refractivity contribution < 1.29 is 14.0 Å². The van der Waals surface area contributed by atoms with E-state index in [0.717, 1.165) is 18.6 Å². The maximum absolute atomic E-state index is 12.1. The third kappa shape index (κ3) is 3.15. The first-order valence-corrected chi connectivity index (χ1v) is 6.58. The number of ketones is 1. The standard InChI is InChI=1S/C15H16N2O3/c1-11-4-5-12(20-11)6-7-14(18)13(10-16)15(19)17-8-2-3-9-17/h4-7,13H,2-3,8-9H2,1H3/b7-6-/t13-/m0/s1. The third-order valence-electron chi connectivity index (χ3n) is 3.25. The van der Waals surface area contributed by atoms with Gasteiger partial charge < -0.3 is 9.32 Å². The van der Waals surface area contributed by atoms with Gasteiger partial charge in [0.25, 0.3) is 0 Å². The molecule has 1 saturated heterocycles. The number of rotatable bonds is 4. The molecule has 1 amide bonds. The number of aryl methyl sites for hydroxylation is 1. The number of allylic oxidation sites excluding steroid dienone is 1. The number of furan rings is 1. The number of carbonyl (C=O) groups is 2. The van der Waals surface area contributed by atoms with Gasteiger partial charge in [-0.3, -0.25) is 9.59 Å². The van der Waals surface area contributed by atoms with Gasteiger partial charge >= 0.3 is 0 Å². The Hall–Kier alpha value is -2.35. The highest BCUT2D eigenvalue weighted by molar-refractivity contribution is 6.10. The summed E-state index contributed by atoms with van der Waals surface area (Å²) < 4.78 is 5.29. The van der Waals surface area contributed by atoms with Crippen LogP contribution in [-0.2, 0) is 9.59 Å². The second-order valence-corrected chi connectivity index (χ2v) is 4.78. The van der Waals surface area contributed by atoms with Gasteiger partial charge in [-0.2, -0.15) is 5.26 Å². The van der Waals surface area contributed by atoms with E-state index in [1.54, 1.807) is 30.0 Å². The van der Waals surface area contributed by atoms with Crippen molar-refractivity contribution in [1.29, 1.82) is 5.26 Å². The second kappa shape index (κ2) is 6.20. The molecule has 20 heavy (non-hydrogen) atoms. The Morgan fingerprint density at radius 2 is 2.10 bits per heavy atom. The average molecular weight is 272 g/mol. The van der Waals surface area contributed by atoms with Gasteiger partial charge in [0.2, 0.25) is 5.91 Å². The molecule has 0 bridgehead atoms. The van der Waals surface area contributed by atoms with Gasteiger partial charge in [0.05, 0.1) is 6.07 Å². The first kappa shape index (κ1) is 14.1. The number of hydrogen-bond donors (Lipinski definition) is 0. The molecule has 0 saturated carbocycles. The van der Waals surface area contributed by atoms with E-state index in [-0.39, 0.29) is 0 Å². The number of likely N-dealkylation sites (tertiary alicyclic amines) is 1. The van der Waals surface area contributed by atoms with Crippen LogP contribution in [0.2, 0.25) is 0 Å². The minimum Gasteiger partial charge on any atom is -0.462 e. The van der Waals surface area contributed by atoms with E-state index in [1.165, 1.54) is 12.2 Å². The Labute approximate surface area is 117 Å². The molecule has 0 aromatic carbocycles. The maximum atomic E-state index is 12.1. The SMILES string of the molecule is Cc1ccc(/C=C\C(=O)[C@H](C#N)C(=O)N2CCCC2)o1. The lowest BCUT2D eigenvalue weighted by molar-refractivity contribution is -0.136. The zero-order valence-electron chi connectivity index (χ0n) is 11.3. The second-order valence-electron chi connectivity index (χ2n) is 4.78. The first-order chi connectivity index (χ1) is 9.61. The topological polar surface area (TPSA) is 74.3 Å². The highest BCUT2D eigenvalue weighted by Crippen LogP contribution is 2.14. The highest BCUT2D eigenvalue weighted by atomic mass is 16.3. The molecule has 1 fully saturated rings. The number of carbonyl (C=O) groups excluding carboxylic acids is 2. The Balaban J connectivity index is 2.03. The van der Waals surface area contributed by atoms with E-state index in [0.29, 0.717) is 18.8 Å². The van der Waals surface area contributed by atoms with Crippen LogP contribution in [0, 0.1) is 24.2 Å². The fourth-order valence-electron chi connectivity index (χ4n) is 2.16. The zero-order valence-corrected chi connectivity index (χ0v) is 11.3. The summed E-state index contributed by atoms with van der Waals surface area (Å²) >= 11 is 0. The summed E-state index contributed by atoms with van der Waals surface area (Å²) in [4.78, 5) is 25.6. The van der Waals surface area contributed by atoms with Crippen molar-refractivity contribution in [2.24, 2.45) is 5.92 Å². The summed E-state index contributed by atoms with van der Waals surface area (Å²) in [5.74, 6) is -0.877. The summed E-state index contributed by atoms with van der Waals surface area (Å²) in [6.07, 6.45) is 4.58. The lowest BCUT2D eigenvalue weighted by Gasteiger charge is -2.16. The van der Waals surface area contributed by atoms with Crippen LogP contribution in [0.15, 0.2) is 22.6 Å². The van der Waals surface area contributed by atoms with Crippen LogP contribution in [0.4, 0.5) is 0 Å². The number of nitriles is 1. The fraction of sp³-hybridized carbons (Fsp3) is 0.400. The average Bonchev–Trinajstić information content (AvgIpc) is 3.08. The van der Waals surface area contributed by atoms with Crippen molar-refractivity contribution in [2.45, 2.75) is 19.8 Å². The molecule has 0 aliphatic carbocycles. The number of nitrogens with zero attached hydrogens (tertiary/aromatic N) is 2. The molecular formula is C15H16N2O3. The summed E-state index contributed by atoms with van der Waals surface area (Å²) in [7, 11) is 0. The van der Waals surface area contributed by atoms with E-state index in [9.17, 15) is 9.59 Å².